The van der Waals surface area contributed by atoms with Gasteiger partial charge in [0.15, 0.2) is 12.5 Å². The molecule has 0 bridgehead atoms. The van der Waals surface area contributed by atoms with E-state index in [1.165, 1.54) is 0 Å². The summed E-state index contributed by atoms with van der Waals surface area (Å²) in [6.07, 6.45) is -0.416. The molecule has 2 aliphatic heterocycles. The summed E-state index contributed by atoms with van der Waals surface area (Å²) in [5.74, 6) is 0.880. The first kappa shape index (κ1) is 18.2. The minimum Gasteiger partial charge on any atom is -0.470 e. The lowest BCUT2D eigenvalue weighted by atomic mass is 9.77. The highest BCUT2D eigenvalue weighted by atomic mass is 16.6. The number of anilines is 1. The van der Waals surface area contributed by atoms with Crippen molar-refractivity contribution in [2.75, 3.05) is 4.90 Å². The molecule has 0 radical (unpaired) electrons. The predicted molar refractivity (Wildman–Crippen MR) is 122 cm³/mol. The van der Waals surface area contributed by atoms with Gasteiger partial charge in [-0.05, 0) is 30.2 Å². The van der Waals surface area contributed by atoms with Gasteiger partial charge >= 0.3 is 0 Å². The average molecular weight is 405 g/mol. The summed E-state index contributed by atoms with van der Waals surface area (Å²) in [6, 6.07) is 37.8. The Balaban J connectivity index is 1.69. The van der Waals surface area contributed by atoms with Crippen LogP contribution in [0.2, 0.25) is 0 Å². The second kappa shape index (κ2) is 7.00. The van der Waals surface area contributed by atoms with E-state index in [1.54, 1.807) is 0 Å². The molecule has 0 spiro atoms. The number of nitrogens with zero attached hydrogens (tertiary/aromatic N) is 1. The van der Waals surface area contributed by atoms with Crippen molar-refractivity contribution in [3.63, 3.8) is 0 Å². The van der Waals surface area contributed by atoms with Crippen molar-refractivity contribution < 1.29 is 9.47 Å². The van der Waals surface area contributed by atoms with Crippen LogP contribution in [-0.2, 0) is 10.3 Å². The third-order valence-electron chi connectivity index (χ3n) is 6.34. The van der Waals surface area contributed by atoms with E-state index in [0.29, 0.717) is 0 Å². The zero-order valence-electron chi connectivity index (χ0n) is 17.3. The van der Waals surface area contributed by atoms with Gasteiger partial charge in [0.05, 0.1) is 0 Å². The van der Waals surface area contributed by atoms with Crippen molar-refractivity contribution in [2.45, 2.75) is 25.0 Å². The minimum atomic E-state index is -0.732. The summed E-state index contributed by atoms with van der Waals surface area (Å²) in [4.78, 5) is 2.25. The van der Waals surface area contributed by atoms with Crippen LogP contribution in [0, 0.1) is 0 Å². The summed E-state index contributed by atoms with van der Waals surface area (Å²) >= 11 is 0. The molecule has 0 aromatic heterocycles. The number of benzene rings is 4. The molecule has 31 heavy (non-hydrogen) atoms. The van der Waals surface area contributed by atoms with E-state index in [2.05, 4.69) is 103 Å². The van der Waals surface area contributed by atoms with Crippen LogP contribution in [0.3, 0.4) is 0 Å². The van der Waals surface area contributed by atoms with Gasteiger partial charge in [0.25, 0.3) is 0 Å². The first-order valence-corrected chi connectivity index (χ1v) is 10.7. The van der Waals surface area contributed by atoms with Crippen molar-refractivity contribution in [3.05, 3.63) is 131 Å². The first-order chi connectivity index (χ1) is 15.3. The normalized spacial score (nSPS) is 20.7. The van der Waals surface area contributed by atoms with Crippen molar-refractivity contribution in [1.29, 1.82) is 0 Å². The van der Waals surface area contributed by atoms with Crippen LogP contribution >= 0.6 is 0 Å². The fourth-order valence-corrected chi connectivity index (χ4v) is 5.00. The monoisotopic (exact) mass is 405 g/mol. The molecule has 3 heteroatoms. The molecule has 0 N–H and O–H groups in total. The third-order valence-corrected chi connectivity index (χ3v) is 6.34. The molecular formula is C28H23NO2. The van der Waals surface area contributed by atoms with E-state index in [4.69, 9.17) is 9.47 Å². The fraction of sp³-hybridized carbons (Fsp3) is 0.143. The van der Waals surface area contributed by atoms with E-state index in [1.807, 2.05) is 18.2 Å². The van der Waals surface area contributed by atoms with Gasteiger partial charge in [-0.2, -0.15) is 0 Å². The number of rotatable bonds is 2. The topological polar surface area (TPSA) is 21.7 Å². The third kappa shape index (κ3) is 2.63. The largest absolute Gasteiger partial charge is 0.470 e. The molecule has 152 valence electrons. The molecule has 4 aromatic rings. The van der Waals surface area contributed by atoms with Crippen LogP contribution in [0.15, 0.2) is 109 Å². The lowest BCUT2D eigenvalue weighted by molar-refractivity contribution is -0.0829. The van der Waals surface area contributed by atoms with Gasteiger partial charge in [-0.1, -0.05) is 97.1 Å². The Morgan fingerprint density at radius 2 is 1.26 bits per heavy atom. The van der Waals surface area contributed by atoms with Crippen LogP contribution in [0.5, 0.6) is 5.75 Å². The summed E-state index contributed by atoms with van der Waals surface area (Å²) in [7, 11) is 0. The summed E-state index contributed by atoms with van der Waals surface area (Å²) < 4.78 is 13.5. The molecule has 2 aliphatic rings. The highest BCUT2D eigenvalue weighted by Crippen LogP contribution is 2.55. The van der Waals surface area contributed by atoms with E-state index in [0.717, 1.165) is 33.7 Å². The Labute approximate surface area is 182 Å². The maximum absolute atomic E-state index is 7.22. The number of hydrogen-bond acceptors (Lipinski definition) is 3. The van der Waals surface area contributed by atoms with Crippen molar-refractivity contribution in [1.82, 2.24) is 0 Å². The predicted octanol–water partition coefficient (Wildman–Crippen LogP) is 6.25. The molecule has 2 heterocycles. The first-order valence-electron chi connectivity index (χ1n) is 10.7. The highest BCUT2D eigenvalue weighted by Gasteiger charge is 2.50. The van der Waals surface area contributed by atoms with E-state index >= 15 is 0 Å². The van der Waals surface area contributed by atoms with Crippen LogP contribution in [0.25, 0.3) is 0 Å². The Morgan fingerprint density at radius 3 is 1.97 bits per heavy atom. The SMILES string of the molecule is C[C@H]1Oc2ccccc2[C@@H]2OC(c3ccccc3)(c3ccccc3)c3ccccc3N12. The van der Waals surface area contributed by atoms with Crippen LogP contribution < -0.4 is 9.64 Å². The van der Waals surface area contributed by atoms with Gasteiger partial charge in [0.1, 0.15) is 11.4 Å². The minimum absolute atomic E-state index is 0.148. The summed E-state index contributed by atoms with van der Waals surface area (Å²) in [6.45, 7) is 2.08. The Kier molecular flexibility index (Phi) is 4.12. The van der Waals surface area contributed by atoms with Crippen LogP contribution in [0.1, 0.15) is 35.4 Å². The Morgan fingerprint density at radius 1 is 0.677 bits per heavy atom. The number of fused-ring (bicyclic) bond motifs is 5. The standard InChI is InChI=1S/C28H23NO2/c1-20-29-25-18-10-9-17-24(25)28(21-12-4-2-5-13-21,22-14-6-3-7-15-22)31-27(29)23-16-8-11-19-26(23)30-20/h2-20,27H,1H3/t20-,27+/m1/s1. The summed E-state index contributed by atoms with van der Waals surface area (Å²) in [5.41, 5.74) is 4.80. The van der Waals surface area contributed by atoms with Crippen LogP contribution in [0.4, 0.5) is 5.69 Å². The molecule has 4 aromatic carbocycles. The smallest absolute Gasteiger partial charge is 0.171 e. The van der Waals surface area contributed by atoms with Gasteiger partial charge in [-0.15, -0.1) is 0 Å². The lowest BCUT2D eigenvalue weighted by Crippen LogP contribution is -2.53. The van der Waals surface area contributed by atoms with Gasteiger partial charge in [-0.25, -0.2) is 0 Å². The van der Waals surface area contributed by atoms with Gasteiger partial charge in [-0.3, -0.25) is 0 Å². The fourth-order valence-electron chi connectivity index (χ4n) is 5.00. The quantitative estimate of drug-likeness (QED) is 0.393. The van der Waals surface area contributed by atoms with Gasteiger partial charge < -0.3 is 14.4 Å². The molecule has 0 fully saturated rings. The number of ether oxygens (including phenoxy) is 2. The lowest BCUT2D eigenvalue weighted by Gasteiger charge is -2.52. The molecule has 0 amide bonds. The Bertz CT molecular complexity index is 1180. The van der Waals surface area contributed by atoms with Crippen LogP contribution in [-0.4, -0.2) is 6.23 Å². The number of para-hydroxylation sites is 2. The molecule has 6 rings (SSSR count). The average Bonchev–Trinajstić information content (AvgIpc) is 2.84. The van der Waals surface area contributed by atoms with E-state index in [-0.39, 0.29) is 12.5 Å². The maximum atomic E-state index is 7.22. The highest BCUT2D eigenvalue weighted by molar-refractivity contribution is 5.66. The molecule has 3 nitrogen and oxygen atoms in total. The maximum Gasteiger partial charge on any atom is 0.171 e. The molecule has 0 unspecified atom stereocenters. The second-order valence-corrected chi connectivity index (χ2v) is 8.06. The molecule has 0 saturated heterocycles. The zero-order valence-corrected chi connectivity index (χ0v) is 17.3. The van der Waals surface area contributed by atoms with Crippen molar-refractivity contribution in [2.24, 2.45) is 0 Å². The van der Waals surface area contributed by atoms with Gasteiger partial charge in [0, 0.05) is 16.8 Å². The van der Waals surface area contributed by atoms with Crippen molar-refractivity contribution in [3.8, 4) is 5.75 Å². The molecular weight excluding hydrogens is 382 g/mol. The van der Waals surface area contributed by atoms with E-state index < -0.39 is 5.60 Å². The Hall–Kier alpha value is -3.56. The molecule has 0 saturated carbocycles. The molecule has 0 aliphatic carbocycles. The zero-order chi connectivity index (χ0) is 20.8. The molecule has 2 atom stereocenters. The number of hydrogen-bond donors (Lipinski definition) is 0. The van der Waals surface area contributed by atoms with Crippen molar-refractivity contribution >= 4 is 5.69 Å². The summed E-state index contributed by atoms with van der Waals surface area (Å²) in [5, 5.41) is 0. The second-order valence-electron chi connectivity index (χ2n) is 8.06. The van der Waals surface area contributed by atoms with E-state index in [9.17, 15) is 0 Å². The van der Waals surface area contributed by atoms with Gasteiger partial charge in [0.2, 0.25) is 0 Å².